The van der Waals surface area contributed by atoms with Gasteiger partial charge < -0.3 is 14.7 Å². The van der Waals surface area contributed by atoms with Crippen molar-refractivity contribution < 1.29 is 4.79 Å². The summed E-state index contributed by atoms with van der Waals surface area (Å²) in [7, 11) is 0. The first-order valence-electron chi connectivity index (χ1n) is 12.1. The average Bonchev–Trinajstić information content (AvgIpc) is 3.16. The highest BCUT2D eigenvalue weighted by Crippen LogP contribution is 2.47. The fourth-order valence-corrected chi connectivity index (χ4v) is 5.22. The van der Waals surface area contributed by atoms with Gasteiger partial charge in [-0.1, -0.05) is 13.8 Å². The molecule has 3 aromatic rings. The minimum Gasteiger partial charge on any atom is -0.350 e. The topological polar surface area (TPSA) is 115 Å². The summed E-state index contributed by atoms with van der Waals surface area (Å²) in [5, 5.41) is 17.4. The van der Waals surface area contributed by atoms with Crippen LogP contribution in [0.5, 0.6) is 0 Å². The Kier molecular flexibility index (Phi) is 5.79. The standard InChI is InChI=1S/C26H29N9O/c1-16-6-9-31-32-22(16)25(36)34-13-17(2)33(12-18(34)3)23-21-24(30-15-29-23)35(14-26(21,4)5)20-10-19(11-27)7-8-28-20/h6-10,15,17-18H,12-14H2,1-5H3/t17-,18+/m0/s1. The second-order valence-electron chi connectivity index (χ2n) is 10.3. The van der Waals surface area contributed by atoms with Gasteiger partial charge in [0.05, 0.1) is 11.6 Å². The Bertz CT molecular complexity index is 1370. The molecule has 0 radical (unpaired) electrons. The zero-order chi connectivity index (χ0) is 25.6. The van der Waals surface area contributed by atoms with Crippen LogP contribution >= 0.6 is 0 Å². The number of carbonyl (C=O) groups excluding carboxylic acids is 1. The molecule has 2 aliphatic heterocycles. The summed E-state index contributed by atoms with van der Waals surface area (Å²) in [5.74, 6) is 2.29. The van der Waals surface area contributed by atoms with E-state index in [0.717, 1.165) is 22.8 Å². The predicted octanol–water partition coefficient (Wildman–Crippen LogP) is 3.01. The summed E-state index contributed by atoms with van der Waals surface area (Å²) in [6.07, 6.45) is 4.84. The van der Waals surface area contributed by atoms with Crippen molar-refractivity contribution >= 4 is 23.4 Å². The number of aryl methyl sites for hydroxylation is 1. The van der Waals surface area contributed by atoms with Crippen molar-refractivity contribution in [2.24, 2.45) is 0 Å². The summed E-state index contributed by atoms with van der Waals surface area (Å²) in [6, 6.07) is 7.47. The van der Waals surface area contributed by atoms with Crippen LogP contribution in [-0.4, -0.2) is 67.7 Å². The van der Waals surface area contributed by atoms with E-state index >= 15 is 0 Å². The number of nitriles is 1. The van der Waals surface area contributed by atoms with E-state index < -0.39 is 0 Å². The molecule has 0 bridgehead atoms. The number of hydrogen-bond acceptors (Lipinski definition) is 9. The number of piperazine rings is 1. The number of pyridine rings is 1. The van der Waals surface area contributed by atoms with Gasteiger partial charge in [-0.3, -0.25) is 4.79 Å². The normalized spacial score (nSPS) is 20.7. The lowest BCUT2D eigenvalue weighted by Crippen LogP contribution is -2.59. The number of anilines is 3. The minimum atomic E-state index is -0.247. The largest absolute Gasteiger partial charge is 0.350 e. The second-order valence-corrected chi connectivity index (χ2v) is 10.3. The van der Waals surface area contributed by atoms with Crippen molar-refractivity contribution in [3.8, 4) is 6.07 Å². The summed E-state index contributed by atoms with van der Waals surface area (Å²) >= 11 is 0. The molecule has 2 atom stereocenters. The molecular formula is C26H29N9O. The number of nitrogens with zero attached hydrogens (tertiary/aromatic N) is 9. The van der Waals surface area contributed by atoms with Crippen LogP contribution in [-0.2, 0) is 5.41 Å². The maximum Gasteiger partial charge on any atom is 0.275 e. The van der Waals surface area contributed by atoms with E-state index in [2.05, 4.69) is 63.7 Å². The molecule has 1 saturated heterocycles. The summed E-state index contributed by atoms with van der Waals surface area (Å²) < 4.78 is 0. The molecule has 0 spiro atoms. The molecule has 10 nitrogen and oxygen atoms in total. The first kappa shape index (κ1) is 23.6. The first-order chi connectivity index (χ1) is 17.2. The van der Waals surface area contributed by atoms with Gasteiger partial charge in [0, 0.05) is 55.1 Å². The molecule has 2 aliphatic rings. The van der Waals surface area contributed by atoms with E-state index in [9.17, 15) is 10.1 Å². The number of aromatic nitrogens is 5. The van der Waals surface area contributed by atoms with E-state index in [1.54, 1.807) is 30.9 Å². The molecule has 0 unspecified atom stereocenters. The van der Waals surface area contributed by atoms with Crippen molar-refractivity contribution in [3.05, 3.63) is 59.3 Å². The van der Waals surface area contributed by atoms with E-state index in [1.807, 2.05) is 17.9 Å². The Hall–Kier alpha value is -4.13. The van der Waals surface area contributed by atoms with Crippen LogP contribution in [0.4, 0.5) is 17.5 Å². The maximum absolute atomic E-state index is 13.3. The van der Waals surface area contributed by atoms with Gasteiger partial charge in [-0.25, -0.2) is 15.0 Å². The summed E-state index contributed by atoms with van der Waals surface area (Å²) in [4.78, 5) is 33.4. The molecule has 1 fully saturated rings. The third-order valence-electron chi connectivity index (χ3n) is 7.09. The van der Waals surface area contributed by atoms with E-state index in [0.29, 0.717) is 36.7 Å². The lowest BCUT2D eigenvalue weighted by molar-refractivity contribution is 0.0635. The van der Waals surface area contributed by atoms with Crippen LogP contribution in [0.25, 0.3) is 0 Å². The lowest BCUT2D eigenvalue weighted by atomic mass is 9.87. The van der Waals surface area contributed by atoms with Crippen molar-refractivity contribution in [2.75, 3.05) is 29.4 Å². The molecule has 184 valence electrons. The van der Waals surface area contributed by atoms with Gasteiger partial charge in [-0.15, -0.1) is 5.10 Å². The molecule has 1 amide bonds. The van der Waals surface area contributed by atoms with Crippen molar-refractivity contribution in [1.82, 2.24) is 30.0 Å². The van der Waals surface area contributed by atoms with Gasteiger partial charge in [0.25, 0.3) is 5.91 Å². The SMILES string of the molecule is Cc1ccnnc1C(=O)N1C[C@H](C)N(c2ncnc3c2C(C)(C)CN3c2cc(C#N)ccn2)C[C@H]1C. The highest BCUT2D eigenvalue weighted by molar-refractivity contribution is 5.94. The number of amides is 1. The van der Waals surface area contributed by atoms with Crippen molar-refractivity contribution in [2.45, 2.75) is 52.1 Å². The summed E-state index contributed by atoms with van der Waals surface area (Å²) in [6.45, 7) is 12.3. The van der Waals surface area contributed by atoms with E-state index in [-0.39, 0.29) is 23.4 Å². The summed E-state index contributed by atoms with van der Waals surface area (Å²) in [5.41, 5.74) is 2.58. The fraction of sp³-hybridized carbons (Fsp3) is 0.423. The Morgan fingerprint density at radius 2 is 1.86 bits per heavy atom. The van der Waals surface area contributed by atoms with Gasteiger partial charge >= 0.3 is 0 Å². The molecule has 3 aromatic heterocycles. The third-order valence-corrected chi connectivity index (χ3v) is 7.09. The first-order valence-corrected chi connectivity index (χ1v) is 12.1. The number of carbonyl (C=O) groups is 1. The predicted molar refractivity (Wildman–Crippen MR) is 135 cm³/mol. The zero-order valence-electron chi connectivity index (χ0n) is 21.2. The maximum atomic E-state index is 13.3. The highest BCUT2D eigenvalue weighted by atomic mass is 16.2. The molecule has 36 heavy (non-hydrogen) atoms. The number of rotatable bonds is 3. The smallest absolute Gasteiger partial charge is 0.275 e. The minimum absolute atomic E-state index is 0.0334. The molecule has 0 aliphatic carbocycles. The van der Waals surface area contributed by atoms with Gasteiger partial charge in [-0.05, 0) is 44.5 Å². The molecule has 0 saturated carbocycles. The van der Waals surface area contributed by atoms with Crippen LogP contribution in [0.15, 0.2) is 36.9 Å². The van der Waals surface area contributed by atoms with Crippen molar-refractivity contribution in [3.63, 3.8) is 0 Å². The Morgan fingerprint density at radius 1 is 1.08 bits per heavy atom. The van der Waals surface area contributed by atoms with Crippen LogP contribution in [0.1, 0.15) is 54.9 Å². The third kappa shape index (κ3) is 3.90. The monoisotopic (exact) mass is 483 g/mol. The van der Waals surface area contributed by atoms with Gasteiger partial charge in [0.1, 0.15) is 23.8 Å². The van der Waals surface area contributed by atoms with Crippen LogP contribution in [0.3, 0.4) is 0 Å². The van der Waals surface area contributed by atoms with Crippen LogP contribution < -0.4 is 9.80 Å². The van der Waals surface area contributed by atoms with E-state index in [1.165, 1.54) is 0 Å². The lowest BCUT2D eigenvalue weighted by Gasteiger charge is -2.45. The van der Waals surface area contributed by atoms with E-state index in [4.69, 9.17) is 4.98 Å². The van der Waals surface area contributed by atoms with Gasteiger partial charge in [-0.2, -0.15) is 10.4 Å². The molecule has 5 rings (SSSR count). The Labute approximate surface area is 210 Å². The van der Waals surface area contributed by atoms with Gasteiger partial charge in [0.15, 0.2) is 5.69 Å². The molecule has 0 N–H and O–H groups in total. The zero-order valence-corrected chi connectivity index (χ0v) is 21.2. The molecule has 0 aromatic carbocycles. The van der Waals surface area contributed by atoms with Crippen LogP contribution in [0.2, 0.25) is 0 Å². The second kappa shape index (κ2) is 8.82. The Balaban J connectivity index is 1.48. The van der Waals surface area contributed by atoms with Gasteiger partial charge in [0.2, 0.25) is 0 Å². The average molecular weight is 484 g/mol. The molecule has 10 heteroatoms. The quantitative estimate of drug-likeness (QED) is 0.554. The van der Waals surface area contributed by atoms with Crippen molar-refractivity contribution in [1.29, 1.82) is 5.26 Å². The molecule has 5 heterocycles. The number of hydrogen-bond donors (Lipinski definition) is 0. The number of fused-ring (bicyclic) bond motifs is 1. The van der Waals surface area contributed by atoms with Crippen LogP contribution in [0, 0.1) is 18.3 Å². The molecular weight excluding hydrogens is 454 g/mol. The fourth-order valence-electron chi connectivity index (χ4n) is 5.22. The Morgan fingerprint density at radius 3 is 2.61 bits per heavy atom. The highest BCUT2D eigenvalue weighted by Gasteiger charge is 2.43.